The van der Waals surface area contributed by atoms with Crippen LogP contribution in [0.5, 0.6) is 0 Å². The van der Waals surface area contributed by atoms with Crippen LogP contribution in [-0.4, -0.2) is 16.7 Å². The molecule has 0 saturated heterocycles. The summed E-state index contributed by atoms with van der Waals surface area (Å²) < 4.78 is 26.8. The molecule has 1 aliphatic heterocycles. The van der Waals surface area contributed by atoms with Gasteiger partial charge in [0.1, 0.15) is 17.3 Å². The lowest BCUT2D eigenvalue weighted by atomic mass is 10.0. The van der Waals surface area contributed by atoms with Crippen molar-refractivity contribution in [2.24, 2.45) is 0 Å². The third-order valence-electron chi connectivity index (χ3n) is 5.60. The Balaban J connectivity index is 1.58. The Bertz CT molecular complexity index is 1410. The maximum absolute atomic E-state index is 13.5. The molecule has 1 N–H and O–H groups in total. The Morgan fingerprint density at radius 2 is 1.33 bits per heavy atom. The highest BCUT2D eigenvalue weighted by Gasteiger charge is 2.39. The number of benzene rings is 4. The molecule has 0 spiro atoms. The smallest absolute Gasteiger partial charge is 0.278 e. The first-order valence-corrected chi connectivity index (χ1v) is 10.4. The summed E-state index contributed by atoms with van der Waals surface area (Å²) in [7, 11) is 0. The number of nitrogens with one attached hydrogen (secondary N) is 1. The molecule has 0 saturated carbocycles. The van der Waals surface area contributed by atoms with Gasteiger partial charge in [-0.2, -0.15) is 0 Å². The van der Waals surface area contributed by atoms with Gasteiger partial charge in [-0.25, -0.2) is 8.78 Å². The third-order valence-corrected chi connectivity index (χ3v) is 5.60. The summed E-state index contributed by atoms with van der Waals surface area (Å²) in [6.07, 6.45) is 0. The maximum Gasteiger partial charge on any atom is 0.278 e. The van der Waals surface area contributed by atoms with E-state index in [0.29, 0.717) is 16.8 Å². The van der Waals surface area contributed by atoms with Gasteiger partial charge in [0.15, 0.2) is 0 Å². The Morgan fingerprint density at radius 1 is 0.697 bits per heavy atom. The molecule has 4 aromatic carbocycles. The molecule has 0 bridgehead atoms. The molecule has 0 atom stereocenters. The Morgan fingerprint density at radius 3 is 2.06 bits per heavy atom. The van der Waals surface area contributed by atoms with Crippen molar-refractivity contribution in [3.63, 3.8) is 0 Å². The standard InChI is InChI=1S/C27H18F2N2O2/c28-20-12-8-17(9-13-20)16-31-26(32)24(19-10-14-21(29)15-11-19)25(27(31)33)30-23-7-3-5-18-4-1-2-6-22(18)23/h1-15,30H,16H2. The molecular weight excluding hydrogens is 422 g/mol. The Hall–Kier alpha value is -4.32. The number of amides is 2. The van der Waals surface area contributed by atoms with Crippen LogP contribution in [0.1, 0.15) is 11.1 Å². The van der Waals surface area contributed by atoms with E-state index in [2.05, 4.69) is 5.32 Å². The largest absolute Gasteiger partial charge is 0.350 e. The van der Waals surface area contributed by atoms with Gasteiger partial charge < -0.3 is 5.32 Å². The van der Waals surface area contributed by atoms with Gasteiger partial charge >= 0.3 is 0 Å². The lowest BCUT2D eigenvalue weighted by Gasteiger charge is -2.16. The van der Waals surface area contributed by atoms with Crippen molar-refractivity contribution < 1.29 is 18.4 Å². The fourth-order valence-corrected chi connectivity index (χ4v) is 3.96. The predicted octanol–water partition coefficient (Wildman–Crippen LogP) is 5.51. The van der Waals surface area contributed by atoms with Gasteiger partial charge in [-0.3, -0.25) is 14.5 Å². The Kier molecular flexibility index (Phi) is 5.18. The number of nitrogens with zero attached hydrogens (tertiary/aromatic N) is 1. The number of hydrogen-bond donors (Lipinski definition) is 1. The van der Waals surface area contributed by atoms with Gasteiger partial charge in [0.05, 0.1) is 12.1 Å². The van der Waals surface area contributed by atoms with E-state index >= 15 is 0 Å². The number of fused-ring (bicyclic) bond motifs is 1. The number of carbonyl (C=O) groups excluding carboxylic acids is 2. The number of halogens is 2. The summed E-state index contributed by atoms with van der Waals surface area (Å²) in [5, 5.41) is 5.04. The monoisotopic (exact) mass is 440 g/mol. The fraction of sp³-hybridized carbons (Fsp3) is 0.0370. The molecule has 0 aromatic heterocycles. The fourth-order valence-electron chi connectivity index (χ4n) is 3.96. The first kappa shape index (κ1) is 20.6. The predicted molar refractivity (Wildman–Crippen MR) is 123 cm³/mol. The van der Waals surface area contributed by atoms with E-state index in [9.17, 15) is 18.4 Å². The van der Waals surface area contributed by atoms with Crippen LogP contribution in [0.3, 0.4) is 0 Å². The van der Waals surface area contributed by atoms with Crippen LogP contribution >= 0.6 is 0 Å². The van der Waals surface area contributed by atoms with Gasteiger partial charge in [0, 0.05) is 11.1 Å². The van der Waals surface area contributed by atoms with Crippen LogP contribution in [0, 0.1) is 11.6 Å². The average molecular weight is 440 g/mol. The molecular formula is C27H18F2N2O2. The minimum atomic E-state index is -0.503. The van der Waals surface area contributed by atoms with Gasteiger partial charge in [0.2, 0.25) is 0 Å². The summed E-state index contributed by atoms with van der Waals surface area (Å²) in [6.45, 7) is -0.0106. The highest BCUT2D eigenvalue weighted by molar-refractivity contribution is 6.36. The van der Waals surface area contributed by atoms with Crippen LogP contribution in [0.2, 0.25) is 0 Å². The molecule has 4 aromatic rings. The maximum atomic E-state index is 13.5. The van der Waals surface area contributed by atoms with Crippen molar-refractivity contribution >= 4 is 33.8 Å². The van der Waals surface area contributed by atoms with E-state index in [-0.39, 0.29) is 17.8 Å². The SMILES string of the molecule is O=C1C(Nc2cccc3ccccc23)=C(c2ccc(F)cc2)C(=O)N1Cc1ccc(F)cc1. The molecule has 4 nitrogen and oxygen atoms in total. The zero-order valence-corrected chi connectivity index (χ0v) is 17.4. The van der Waals surface area contributed by atoms with Gasteiger partial charge in [-0.15, -0.1) is 0 Å². The number of rotatable bonds is 5. The van der Waals surface area contributed by atoms with E-state index in [1.165, 1.54) is 48.5 Å². The molecule has 162 valence electrons. The van der Waals surface area contributed by atoms with E-state index in [4.69, 9.17) is 0 Å². The lowest BCUT2D eigenvalue weighted by molar-refractivity contribution is -0.137. The van der Waals surface area contributed by atoms with E-state index in [1.807, 2.05) is 42.5 Å². The number of anilines is 1. The van der Waals surface area contributed by atoms with Gasteiger partial charge in [-0.1, -0.05) is 60.7 Å². The second kappa shape index (κ2) is 8.31. The van der Waals surface area contributed by atoms with E-state index in [1.54, 1.807) is 0 Å². The molecule has 1 heterocycles. The van der Waals surface area contributed by atoms with E-state index in [0.717, 1.165) is 15.7 Å². The van der Waals surface area contributed by atoms with Crippen LogP contribution in [0.4, 0.5) is 14.5 Å². The normalized spacial score (nSPS) is 13.8. The summed E-state index contributed by atoms with van der Waals surface area (Å²) in [5.74, 6) is -1.85. The minimum Gasteiger partial charge on any atom is -0.350 e. The molecule has 0 unspecified atom stereocenters. The quantitative estimate of drug-likeness (QED) is 0.417. The second-order valence-corrected chi connectivity index (χ2v) is 7.73. The molecule has 0 aliphatic carbocycles. The van der Waals surface area contributed by atoms with Gasteiger partial charge in [-0.05, 0) is 46.8 Å². The first-order valence-electron chi connectivity index (χ1n) is 10.4. The number of imide groups is 1. The number of hydrogen-bond acceptors (Lipinski definition) is 3. The van der Waals surface area contributed by atoms with Crippen LogP contribution in [-0.2, 0) is 16.1 Å². The lowest BCUT2D eigenvalue weighted by Crippen LogP contribution is -2.32. The van der Waals surface area contributed by atoms with Gasteiger partial charge in [0.25, 0.3) is 11.8 Å². The topological polar surface area (TPSA) is 49.4 Å². The summed E-state index contributed by atoms with van der Waals surface area (Å²) in [6, 6.07) is 24.4. The molecule has 1 aliphatic rings. The average Bonchev–Trinajstić information content (AvgIpc) is 3.05. The van der Waals surface area contributed by atoms with Crippen LogP contribution < -0.4 is 5.32 Å². The molecule has 33 heavy (non-hydrogen) atoms. The Labute approximate surface area is 188 Å². The zero-order valence-electron chi connectivity index (χ0n) is 17.4. The minimum absolute atomic E-state index is 0.0106. The van der Waals surface area contributed by atoms with Crippen LogP contribution in [0.15, 0.2) is 96.7 Å². The van der Waals surface area contributed by atoms with Crippen molar-refractivity contribution in [3.8, 4) is 0 Å². The highest BCUT2D eigenvalue weighted by Crippen LogP contribution is 2.33. The molecule has 0 radical (unpaired) electrons. The number of carbonyl (C=O) groups is 2. The molecule has 0 fully saturated rings. The van der Waals surface area contributed by atoms with E-state index < -0.39 is 23.4 Å². The second-order valence-electron chi connectivity index (χ2n) is 7.73. The highest BCUT2D eigenvalue weighted by atomic mass is 19.1. The summed E-state index contributed by atoms with van der Waals surface area (Å²) >= 11 is 0. The summed E-state index contributed by atoms with van der Waals surface area (Å²) in [5.41, 5.74) is 2.00. The van der Waals surface area contributed by atoms with Crippen molar-refractivity contribution in [3.05, 3.63) is 119 Å². The molecule has 2 amide bonds. The summed E-state index contributed by atoms with van der Waals surface area (Å²) in [4.78, 5) is 27.9. The van der Waals surface area contributed by atoms with Crippen LogP contribution in [0.25, 0.3) is 16.3 Å². The van der Waals surface area contributed by atoms with Crippen molar-refractivity contribution in [2.75, 3.05) is 5.32 Å². The van der Waals surface area contributed by atoms with Crippen molar-refractivity contribution in [2.45, 2.75) is 6.54 Å². The van der Waals surface area contributed by atoms with Crippen molar-refractivity contribution in [1.29, 1.82) is 0 Å². The third kappa shape index (κ3) is 3.87. The van der Waals surface area contributed by atoms with Crippen molar-refractivity contribution in [1.82, 2.24) is 4.90 Å². The molecule has 5 rings (SSSR count). The first-order chi connectivity index (χ1) is 16.0. The zero-order chi connectivity index (χ0) is 22.9. The molecule has 6 heteroatoms.